The van der Waals surface area contributed by atoms with Gasteiger partial charge in [0.15, 0.2) is 0 Å². The van der Waals surface area contributed by atoms with Gasteiger partial charge in [0.1, 0.15) is 0 Å². The molecule has 0 aromatic heterocycles. The third kappa shape index (κ3) is 4.68. The Labute approximate surface area is 131 Å². The van der Waals surface area contributed by atoms with Gasteiger partial charge >= 0.3 is 6.03 Å². The fourth-order valence-corrected chi connectivity index (χ4v) is 2.57. The molecule has 1 fully saturated rings. The number of terminal acetylenes is 1. The number of carbonyl (C=O) groups excluding carboxylic acids is 1. The molecule has 1 aliphatic rings. The Morgan fingerprint density at radius 3 is 2.55 bits per heavy atom. The van der Waals surface area contributed by atoms with Gasteiger partial charge < -0.3 is 20.6 Å². The number of rotatable bonds is 5. The zero-order valence-electron chi connectivity index (χ0n) is 12.7. The maximum atomic E-state index is 11.4. The molecule has 0 bridgehead atoms. The summed E-state index contributed by atoms with van der Waals surface area (Å²) in [5.41, 5.74) is 2.24. The molecule has 1 aromatic carbocycles. The Hall–Kier alpha value is -2.19. The van der Waals surface area contributed by atoms with Crippen molar-refractivity contribution in [3.05, 3.63) is 29.8 Å². The van der Waals surface area contributed by atoms with Crippen LogP contribution in [0.25, 0.3) is 0 Å². The van der Waals surface area contributed by atoms with Gasteiger partial charge in [0, 0.05) is 31.9 Å². The minimum absolute atomic E-state index is 0.231. The number of aliphatic hydroxyl groups excluding tert-OH is 1. The molecule has 1 saturated heterocycles. The SMILES string of the molecule is C#CCNC(=O)NCc1ccc(N2CCC(CO)CC2)cc1. The molecule has 118 valence electrons. The van der Waals surface area contributed by atoms with Crippen LogP contribution >= 0.6 is 0 Å². The number of hydrogen-bond acceptors (Lipinski definition) is 3. The number of hydrogen-bond donors (Lipinski definition) is 3. The molecule has 5 nitrogen and oxygen atoms in total. The molecule has 0 radical (unpaired) electrons. The summed E-state index contributed by atoms with van der Waals surface area (Å²) < 4.78 is 0. The highest BCUT2D eigenvalue weighted by atomic mass is 16.3. The Morgan fingerprint density at radius 2 is 1.95 bits per heavy atom. The molecular weight excluding hydrogens is 278 g/mol. The lowest BCUT2D eigenvalue weighted by Gasteiger charge is -2.33. The number of carbonyl (C=O) groups is 1. The monoisotopic (exact) mass is 301 g/mol. The molecule has 0 atom stereocenters. The molecule has 5 heteroatoms. The predicted octanol–water partition coefficient (Wildman–Crippen LogP) is 1.33. The fourth-order valence-electron chi connectivity index (χ4n) is 2.57. The van der Waals surface area contributed by atoms with Crippen molar-refractivity contribution in [3.63, 3.8) is 0 Å². The van der Waals surface area contributed by atoms with Gasteiger partial charge in [-0.05, 0) is 36.5 Å². The second kappa shape index (κ2) is 8.30. The number of anilines is 1. The van der Waals surface area contributed by atoms with Gasteiger partial charge in [0.2, 0.25) is 0 Å². The Bertz CT molecular complexity index is 514. The van der Waals surface area contributed by atoms with Crippen molar-refractivity contribution in [2.24, 2.45) is 5.92 Å². The van der Waals surface area contributed by atoms with Gasteiger partial charge in [-0.25, -0.2) is 4.79 Å². The normalized spacial score (nSPS) is 15.2. The molecule has 3 N–H and O–H groups in total. The predicted molar refractivity (Wildman–Crippen MR) is 87.5 cm³/mol. The maximum Gasteiger partial charge on any atom is 0.315 e. The van der Waals surface area contributed by atoms with Gasteiger partial charge in [0.05, 0.1) is 6.54 Å². The van der Waals surface area contributed by atoms with E-state index in [4.69, 9.17) is 6.42 Å². The molecule has 2 amide bonds. The van der Waals surface area contributed by atoms with Gasteiger partial charge in [-0.15, -0.1) is 6.42 Å². The quantitative estimate of drug-likeness (QED) is 0.719. The Kier molecular flexibility index (Phi) is 6.11. The standard InChI is InChI=1S/C17H23N3O2/c1-2-9-18-17(22)19-12-14-3-5-16(6-4-14)20-10-7-15(13-21)8-11-20/h1,3-6,15,21H,7-13H2,(H2,18,19,22). The van der Waals surface area contributed by atoms with E-state index >= 15 is 0 Å². The van der Waals surface area contributed by atoms with Gasteiger partial charge in [-0.3, -0.25) is 0 Å². The van der Waals surface area contributed by atoms with Crippen LogP contribution in [0.15, 0.2) is 24.3 Å². The summed E-state index contributed by atoms with van der Waals surface area (Å²) in [6.45, 7) is 2.96. The lowest BCUT2D eigenvalue weighted by atomic mass is 9.97. The van der Waals surface area contributed by atoms with Crippen LogP contribution in [0, 0.1) is 18.3 Å². The van der Waals surface area contributed by atoms with Crippen LogP contribution in [0.2, 0.25) is 0 Å². The van der Waals surface area contributed by atoms with Gasteiger partial charge in [-0.2, -0.15) is 0 Å². The van der Waals surface area contributed by atoms with E-state index in [2.05, 4.69) is 33.6 Å². The number of amides is 2. The lowest BCUT2D eigenvalue weighted by Crippen LogP contribution is -2.35. The number of nitrogens with zero attached hydrogens (tertiary/aromatic N) is 1. The zero-order chi connectivity index (χ0) is 15.8. The smallest absolute Gasteiger partial charge is 0.315 e. The van der Waals surface area contributed by atoms with Crippen LogP contribution < -0.4 is 15.5 Å². The second-order valence-corrected chi connectivity index (χ2v) is 5.52. The van der Waals surface area contributed by atoms with E-state index < -0.39 is 0 Å². The summed E-state index contributed by atoms with van der Waals surface area (Å²) in [6, 6.07) is 7.95. The van der Waals surface area contributed by atoms with Crippen molar-refractivity contribution in [1.29, 1.82) is 0 Å². The topological polar surface area (TPSA) is 64.6 Å². The molecule has 1 aromatic rings. The average Bonchev–Trinajstić information content (AvgIpc) is 2.58. The highest BCUT2D eigenvalue weighted by Gasteiger charge is 2.18. The molecule has 0 aliphatic carbocycles. The van der Waals surface area contributed by atoms with Crippen LogP contribution in [-0.2, 0) is 6.54 Å². The third-order valence-corrected chi connectivity index (χ3v) is 3.98. The van der Waals surface area contributed by atoms with Crippen LogP contribution in [0.3, 0.4) is 0 Å². The lowest BCUT2D eigenvalue weighted by molar-refractivity contribution is 0.203. The van der Waals surface area contributed by atoms with Crippen molar-refractivity contribution >= 4 is 11.7 Å². The number of piperidine rings is 1. The van der Waals surface area contributed by atoms with E-state index in [-0.39, 0.29) is 12.6 Å². The number of nitrogens with one attached hydrogen (secondary N) is 2. The van der Waals surface area contributed by atoms with Crippen LogP contribution in [0.1, 0.15) is 18.4 Å². The largest absolute Gasteiger partial charge is 0.396 e. The van der Waals surface area contributed by atoms with Crippen molar-refractivity contribution in [2.75, 3.05) is 31.1 Å². The van der Waals surface area contributed by atoms with E-state index in [1.54, 1.807) is 0 Å². The number of aliphatic hydroxyl groups is 1. The summed E-state index contributed by atoms with van der Waals surface area (Å²) >= 11 is 0. The van der Waals surface area contributed by atoms with E-state index in [9.17, 15) is 9.90 Å². The number of benzene rings is 1. The van der Waals surface area contributed by atoms with E-state index in [1.165, 1.54) is 5.69 Å². The van der Waals surface area contributed by atoms with Crippen molar-refractivity contribution in [3.8, 4) is 12.3 Å². The second-order valence-electron chi connectivity index (χ2n) is 5.52. The maximum absolute atomic E-state index is 11.4. The van der Waals surface area contributed by atoms with E-state index in [1.807, 2.05) is 12.1 Å². The van der Waals surface area contributed by atoms with E-state index in [0.29, 0.717) is 19.1 Å². The minimum Gasteiger partial charge on any atom is -0.396 e. The van der Waals surface area contributed by atoms with Crippen LogP contribution in [-0.4, -0.2) is 37.4 Å². The molecule has 2 rings (SSSR count). The molecule has 0 saturated carbocycles. The first kappa shape index (κ1) is 16.2. The zero-order valence-corrected chi connectivity index (χ0v) is 12.7. The third-order valence-electron chi connectivity index (χ3n) is 3.98. The van der Waals surface area contributed by atoms with E-state index in [0.717, 1.165) is 31.5 Å². The van der Waals surface area contributed by atoms with Crippen molar-refractivity contribution in [1.82, 2.24) is 10.6 Å². The molecular formula is C17H23N3O2. The van der Waals surface area contributed by atoms with Crippen molar-refractivity contribution in [2.45, 2.75) is 19.4 Å². The number of urea groups is 1. The molecule has 1 aliphatic heterocycles. The molecule has 1 heterocycles. The van der Waals surface area contributed by atoms with Crippen LogP contribution in [0.5, 0.6) is 0 Å². The summed E-state index contributed by atoms with van der Waals surface area (Å²) in [6.07, 6.45) is 7.15. The fraction of sp³-hybridized carbons (Fsp3) is 0.471. The first-order valence-electron chi connectivity index (χ1n) is 7.63. The highest BCUT2D eigenvalue weighted by molar-refractivity contribution is 5.74. The van der Waals surface area contributed by atoms with Gasteiger partial charge in [-0.1, -0.05) is 18.1 Å². The Balaban J connectivity index is 1.81. The van der Waals surface area contributed by atoms with Crippen molar-refractivity contribution < 1.29 is 9.90 Å². The Morgan fingerprint density at radius 1 is 1.27 bits per heavy atom. The molecule has 0 spiro atoms. The summed E-state index contributed by atoms with van der Waals surface area (Å²) in [4.78, 5) is 13.7. The van der Waals surface area contributed by atoms with Gasteiger partial charge in [0.25, 0.3) is 0 Å². The first-order valence-corrected chi connectivity index (χ1v) is 7.63. The van der Waals surface area contributed by atoms with Crippen LogP contribution in [0.4, 0.5) is 10.5 Å². The summed E-state index contributed by atoms with van der Waals surface area (Å²) in [7, 11) is 0. The summed E-state index contributed by atoms with van der Waals surface area (Å²) in [5.74, 6) is 2.80. The molecule has 22 heavy (non-hydrogen) atoms. The summed E-state index contributed by atoms with van der Waals surface area (Å²) in [5, 5.41) is 14.5. The minimum atomic E-state index is -0.256. The first-order chi connectivity index (χ1) is 10.7. The molecule has 0 unspecified atom stereocenters. The highest BCUT2D eigenvalue weighted by Crippen LogP contribution is 2.23. The average molecular weight is 301 g/mol.